The zero-order valence-electron chi connectivity index (χ0n) is 13.1. The summed E-state index contributed by atoms with van der Waals surface area (Å²) in [6.45, 7) is 5.44. The summed E-state index contributed by atoms with van der Waals surface area (Å²) in [7, 11) is 0. The predicted octanol–water partition coefficient (Wildman–Crippen LogP) is 3.19. The van der Waals surface area contributed by atoms with Gasteiger partial charge < -0.3 is 9.47 Å². The lowest BCUT2D eigenvalue weighted by atomic mass is 10.2. The lowest BCUT2D eigenvalue weighted by Gasteiger charge is -2.05. The van der Waals surface area contributed by atoms with Crippen molar-refractivity contribution in [2.24, 2.45) is 0 Å². The lowest BCUT2D eigenvalue weighted by Crippen LogP contribution is -2.13. The van der Waals surface area contributed by atoms with Crippen LogP contribution in [0.15, 0.2) is 24.3 Å². The fourth-order valence-electron chi connectivity index (χ4n) is 2.15. The SMILES string of the molecule is CCOC(=O)c1nn(-c2cccc(Cl)c2)c(C)c1C(=O)OCC. The molecule has 0 atom stereocenters. The standard InChI is InChI=1S/C16H17ClN2O4/c1-4-22-15(20)13-10(3)19(12-8-6-7-11(17)9-12)18-14(13)16(21)23-5-2/h6-9H,4-5H2,1-3H3. The summed E-state index contributed by atoms with van der Waals surface area (Å²) in [5, 5.41) is 4.75. The normalized spacial score (nSPS) is 10.4. The molecule has 0 aliphatic heterocycles. The van der Waals surface area contributed by atoms with Crippen LogP contribution in [0, 0.1) is 6.92 Å². The minimum Gasteiger partial charge on any atom is -0.462 e. The average molecular weight is 337 g/mol. The third-order valence-corrected chi connectivity index (χ3v) is 3.35. The first-order valence-corrected chi connectivity index (χ1v) is 7.57. The lowest BCUT2D eigenvalue weighted by molar-refractivity contribution is 0.0475. The minimum atomic E-state index is -0.667. The number of nitrogens with zero attached hydrogens (tertiary/aromatic N) is 2. The summed E-state index contributed by atoms with van der Waals surface area (Å²) in [6.07, 6.45) is 0. The Hall–Kier alpha value is -2.34. The van der Waals surface area contributed by atoms with Gasteiger partial charge in [-0.15, -0.1) is 0 Å². The molecule has 0 spiro atoms. The van der Waals surface area contributed by atoms with E-state index in [2.05, 4.69) is 5.10 Å². The van der Waals surface area contributed by atoms with E-state index in [1.54, 1.807) is 45.0 Å². The summed E-state index contributed by atoms with van der Waals surface area (Å²) < 4.78 is 11.5. The Labute approximate surface area is 139 Å². The van der Waals surface area contributed by atoms with Crippen molar-refractivity contribution < 1.29 is 19.1 Å². The fourth-order valence-corrected chi connectivity index (χ4v) is 2.34. The summed E-state index contributed by atoms with van der Waals surface area (Å²) >= 11 is 5.99. The van der Waals surface area contributed by atoms with Crippen molar-refractivity contribution in [1.29, 1.82) is 0 Å². The highest BCUT2D eigenvalue weighted by Gasteiger charge is 2.28. The highest BCUT2D eigenvalue weighted by atomic mass is 35.5. The first-order chi connectivity index (χ1) is 11.0. The Bertz CT molecular complexity index is 740. The maximum atomic E-state index is 12.2. The molecule has 0 saturated heterocycles. The molecule has 2 aromatic rings. The number of carbonyl (C=O) groups excluding carboxylic acids is 2. The van der Waals surface area contributed by atoms with Gasteiger partial charge in [0.15, 0.2) is 5.69 Å². The van der Waals surface area contributed by atoms with E-state index < -0.39 is 11.9 Å². The largest absolute Gasteiger partial charge is 0.462 e. The third kappa shape index (κ3) is 3.53. The predicted molar refractivity (Wildman–Crippen MR) is 85.2 cm³/mol. The molecule has 1 heterocycles. The van der Waals surface area contributed by atoms with Crippen LogP contribution >= 0.6 is 11.6 Å². The number of rotatable bonds is 5. The monoisotopic (exact) mass is 336 g/mol. The molecule has 122 valence electrons. The first kappa shape index (κ1) is 17.0. The van der Waals surface area contributed by atoms with Gasteiger partial charge in [0, 0.05) is 5.02 Å². The van der Waals surface area contributed by atoms with Crippen LogP contribution in [0.5, 0.6) is 0 Å². The number of hydrogen-bond donors (Lipinski definition) is 0. The van der Waals surface area contributed by atoms with Gasteiger partial charge in [-0.2, -0.15) is 5.10 Å². The topological polar surface area (TPSA) is 70.4 Å². The van der Waals surface area contributed by atoms with Gasteiger partial charge in [0.05, 0.1) is 24.6 Å². The van der Waals surface area contributed by atoms with Gasteiger partial charge in [-0.25, -0.2) is 14.3 Å². The van der Waals surface area contributed by atoms with Crippen molar-refractivity contribution in [2.75, 3.05) is 13.2 Å². The molecular formula is C16H17ClN2O4. The van der Waals surface area contributed by atoms with E-state index in [1.165, 1.54) is 4.68 Å². The van der Waals surface area contributed by atoms with Gasteiger partial charge in [0.1, 0.15) is 5.56 Å². The van der Waals surface area contributed by atoms with E-state index in [0.29, 0.717) is 16.4 Å². The zero-order valence-corrected chi connectivity index (χ0v) is 13.9. The second kappa shape index (κ2) is 7.28. The number of carbonyl (C=O) groups is 2. The Balaban J connectivity index is 2.59. The van der Waals surface area contributed by atoms with E-state index in [1.807, 2.05) is 0 Å². The summed E-state index contributed by atoms with van der Waals surface area (Å²) in [6, 6.07) is 6.94. The molecule has 23 heavy (non-hydrogen) atoms. The number of halogens is 1. The van der Waals surface area contributed by atoms with Crippen molar-refractivity contribution in [3.63, 3.8) is 0 Å². The van der Waals surface area contributed by atoms with Crippen molar-refractivity contribution >= 4 is 23.5 Å². The number of aromatic nitrogens is 2. The molecule has 6 nitrogen and oxygen atoms in total. The van der Waals surface area contributed by atoms with Crippen LogP contribution in [0.25, 0.3) is 5.69 Å². The van der Waals surface area contributed by atoms with Crippen LogP contribution in [-0.2, 0) is 9.47 Å². The van der Waals surface area contributed by atoms with Crippen molar-refractivity contribution in [2.45, 2.75) is 20.8 Å². The third-order valence-electron chi connectivity index (χ3n) is 3.12. The number of esters is 2. The van der Waals surface area contributed by atoms with Gasteiger partial charge in [-0.05, 0) is 39.0 Å². The van der Waals surface area contributed by atoms with E-state index in [0.717, 1.165) is 0 Å². The molecule has 0 saturated carbocycles. The molecule has 0 N–H and O–H groups in total. The number of ether oxygens (including phenoxy) is 2. The zero-order chi connectivity index (χ0) is 17.0. The maximum Gasteiger partial charge on any atom is 0.359 e. The average Bonchev–Trinajstić information content (AvgIpc) is 2.85. The molecule has 7 heteroatoms. The fraction of sp³-hybridized carbons (Fsp3) is 0.312. The molecular weight excluding hydrogens is 320 g/mol. The highest BCUT2D eigenvalue weighted by Crippen LogP contribution is 2.22. The molecule has 0 bridgehead atoms. The quantitative estimate of drug-likeness (QED) is 0.784. The van der Waals surface area contributed by atoms with Crippen LogP contribution in [0.1, 0.15) is 40.4 Å². The molecule has 0 aliphatic rings. The Morgan fingerprint density at radius 3 is 2.43 bits per heavy atom. The van der Waals surface area contributed by atoms with E-state index in [-0.39, 0.29) is 24.5 Å². The van der Waals surface area contributed by atoms with E-state index in [4.69, 9.17) is 21.1 Å². The number of hydrogen-bond acceptors (Lipinski definition) is 5. The molecule has 1 aromatic carbocycles. The second-order valence-electron chi connectivity index (χ2n) is 4.64. The van der Waals surface area contributed by atoms with Gasteiger partial charge in [0.25, 0.3) is 0 Å². The maximum absolute atomic E-state index is 12.2. The van der Waals surface area contributed by atoms with Crippen molar-refractivity contribution in [1.82, 2.24) is 9.78 Å². The molecule has 0 fully saturated rings. The summed E-state index contributed by atoms with van der Waals surface area (Å²) in [5.74, 6) is -1.28. The van der Waals surface area contributed by atoms with Crippen LogP contribution < -0.4 is 0 Å². The van der Waals surface area contributed by atoms with Gasteiger partial charge in [0.2, 0.25) is 0 Å². The molecule has 2 rings (SSSR count). The van der Waals surface area contributed by atoms with Crippen LogP contribution in [0.4, 0.5) is 0 Å². The summed E-state index contributed by atoms with van der Waals surface area (Å²) in [4.78, 5) is 24.3. The molecule has 0 radical (unpaired) electrons. The molecule has 0 amide bonds. The Morgan fingerprint density at radius 2 is 1.83 bits per heavy atom. The van der Waals surface area contributed by atoms with Gasteiger partial charge >= 0.3 is 11.9 Å². The van der Waals surface area contributed by atoms with Crippen LogP contribution in [-0.4, -0.2) is 34.9 Å². The molecule has 0 aliphatic carbocycles. The highest BCUT2D eigenvalue weighted by molar-refractivity contribution is 6.30. The Morgan fingerprint density at radius 1 is 1.17 bits per heavy atom. The van der Waals surface area contributed by atoms with Crippen LogP contribution in [0.2, 0.25) is 5.02 Å². The smallest absolute Gasteiger partial charge is 0.359 e. The van der Waals surface area contributed by atoms with Gasteiger partial charge in [-0.1, -0.05) is 17.7 Å². The van der Waals surface area contributed by atoms with Crippen LogP contribution in [0.3, 0.4) is 0 Å². The van der Waals surface area contributed by atoms with Crippen molar-refractivity contribution in [3.05, 3.63) is 46.2 Å². The van der Waals surface area contributed by atoms with Crippen molar-refractivity contribution in [3.8, 4) is 5.69 Å². The number of benzene rings is 1. The molecule has 0 unspecified atom stereocenters. The van der Waals surface area contributed by atoms with Gasteiger partial charge in [-0.3, -0.25) is 0 Å². The molecule has 1 aromatic heterocycles. The second-order valence-corrected chi connectivity index (χ2v) is 5.08. The van der Waals surface area contributed by atoms with E-state index >= 15 is 0 Å². The Kier molecular flexibility index (Phi) is 5.39. The first-order valence-electron chi connectivity index (χ1n) is 7.19. The minimum absolute atomic E-state index is 0.0669. The summed E-state index contributed by atoms with van der Waals surface area (Å²) in [5.41, 5.74) is 1.15. The van der Waals surface area contributed by atoms with E-state index in [9.17, 15) is 9.59 Å².